The summed E-state index contributed by atoms with van der Waals surface area (Å²) < 4.78 is 24.4. The third kappa shape index (κ3) is 4.79. The SMILES string of the molecule is COc1ccc(OC)c(C2CCCN2C(=O)CNC(c2ccc(F)cc2)c2cccs2)c1. The Morgan fingerprint density at radius 3 is 2.69 bits per heavy atom. The lowest BCUT2D eigenvalue weighted by atomic mass is 10.0. The number of hydrogen-bond donors (Lipinski definition) is 1. The summed E-state index contributed by atoms with van der Waals surface area (Å²) in [5, 5.41) is 5.40. The van der Waals surface area contributed by atoms with Gasteiger partial charge in [0.05, 0.1) is 32.8 Å². The first-order valence-electron chi connectivity index (χ1n) is 10.6. The zero-order chi connectivity index (χ0) is 22.5. The highest BCUT2D eigenvalue weighted by Crippen LogP contribution is 2.39. The van der Waals surface area contributed by atoms with Crippen molar-refractivity contribution in [3.63, 3.8) is 0 Å². The molecule has 3 aromatic rings. The van der Waals surface area contributed by atoms with Crippen molar-refractivity contribution in [1.82, 2.24) is 10.2 Å². The summed E-state index contributed by atoms with van der Waals surface area (Å²) in [7, 11) is 3.27. The Kier molecular flexibility index (Phi) is 7.07. The molecule has 1 fully saturated rings. The maximum absolute atomic E-state index is 13.4. The van der Waals surface area contributed by atoms with Gasteiger partial charge >= 0.3 is 0 Å². The molecule has 0 radical (unpaired) electrons. The van der Waals surface area contributed by atoms with Crippen LogP contribution in [0.3, 0.4) is 0 Å². The first-order chi connectivity index (χ1) is 15.6. The lowest BCUT2D eigenvalue weighted by molar-refractivity contribution is -0.131. The lowest BCUT2D eigenvalue weighted by Gasteiger charge is -2.28. The highest BCUT2D eigenvalue weighted by molar-refractivity contribution is 7.10. The largest absolute Gasteiger partial charge is 0.497 e. The molecule has 2 aromatic carbocycles. The number of hydrogen-bond acceptors (Lipinski definition) is 5. The predicted molar refractivity (Wildman–Crippen MR) is 124 cm³/mol. The fourth-order valence-electron chi connectivity index (χ4n) is 4.27. The van der Waals surface area contributed by atoms with Crippen molar-refractivity contribution in [3.8, 4) is 11.5 Å². The molecule has 0 spiro atoms. The second kappa shape index (κ2) is 10.1. The van der Waals surface area contributed by atoms with Crippen LogP contribution in [0.4, 0.5) is 4.39 Å². The Hall–Kier alpha value is -2.90. The molecular weight excluding hydrogens is 427 g/mol. The highest BCUT2D eigenvalue weighted by atomic mass is 32.1. The Morgan fingerprint density at radius 2 is 2.00 bits per heavy atom. The van der Waals surface area contributed by atoms with E-state index in [-0.39, 0.29) is 30.4 Å². The third-order valence-corrected chi connectivity index (χ3v) is 6.79. The van der Waals surface area contributed by atoms with Crippen molar-refractivity contribution < 1.29 is 18.7 Å². The predicted octanol–water partition coefficient (Wildman–Crippen LogP) is 4.95. The fraction of sp³-hybridized carbons (Fsp3) is 0.320. The standard InChI is InChI=1S/C25H27FN2O3S/c1-30-19-11-12-22(31-2)20(15-19)21-5-3-13-28(21)24(29)16-27-25(23-6-4-14-32-23)17-7-9-18(26)10-8-17/h4,6-12,14-15,21,25,27H,3,5,13,16H2,1-2H3. The van der Waals surface area contributed by atoms with Crippen LogP contribution >= 0.6 is 11.3 Å². The van der Waals surface area contributed by atoms with Crippen LogP contribution in [0.5, 0.6) is 11.5 Å². The lowest BCUT2D eigenvalue weighted by Crippen LogP contribution is -2.39. The summed E-state index contributed by atoms with van der Waals surface area (Å²) >= 11 is 1.61. The van der Waals surface area contributed by atoms with Crippen LogP contribution in [0.15, 0.2) is 60.0 Å². The molecule has 0 aliphatic carbocycles. The molecule has 4 rings (SSSR count). The number of halogens is 1. The quantitative estimate of drug-likeness (QED) is 0.523. The van der Waals surface area contributed by atoms with Crippen LogP contribution < -0.4 is 14.8 Å². The van der Waals surface area contributed by atoms with E-state index in [1.54, 1.807) is 37.7 Å². The number of rotatable bonds is 8. The minimum absolute atomic E-state index is 0.0287. The molecule has 32 heavy (non-hydrogen) atoms. The maximum Gasteiger partial charge on any atom is 0.237 e. The van der Waals surface area contributed by atoms with Crippen LogP contribution in [0.2, 0.25) is 0 Å². The minimum atomic E-state index is -0.276. The molecular formula is C25H27FN2O3S. The van der Waals surface area contributed by atoms with E-state index in [0.717, 1.165) is 40.3 Å². The molecule has 1 aliphatic rings. The zero-order valence-electron chi connectivity index (χ0n) is 18.2. The zero-order valence-corrected chi connectivity index (χ0v) is 19.0. The van der Waals surface area contributed by atoms with E-state index in [1.807, 2.05) is 40.6 Å². The molecule has 1 aliphatic heterocycles. The van der Waals surface area contributed by atoms with Gasteiger partial charge in [-0.05, 0) is 60.2 Å². The van der Waals surface area contributed by atoms with Crippen LogP contribution in [0.25, 0.3) is 0 Å². The molecule has 0 saturated carbocycles. The van der Waals surface area contributed by atoms with E-state index in [9.17, 15) is 9.18 Å². The Morgan fingerprint density at radius 1 is 1.19 bits per heavy atom. The highest BCUT2D eigenvalue weighted by Gasteiger charge is 2.32. The average Bonchev–Trinajstić information content (AvgIpc) is 3.52. The van der Waals surface area contributed by atoms with Crippen LogP contribution in [0.1, 0.15) is 40.9 Å². The molecule has 1 aromatic heterocycles. The Labute approximate surface area is 191 Å². The molecule has 2 unspecified atom stereocenters. The van der Waals surface area contributed by atoms with Crippen molar-refractivity contribution >= 4 is 17.2 Å². The van der Waals surface area contributed by atoms with Crippen molar-refractivity contribution in [3.05, 3.63) is 81.8 Å². The molecule has 5 nitrogen and oxygen atoms in total. The minimum Gasteiger partial charge on any atom is -0.497 e. The molecule has 1 amide bonds. The summed E-state index contributed by atoms with van der Waals surface area (Å²) in [5.41, 5.74) is 1.89. The van der Waals surface area contributed by atoms with Crippen molar-refractivity contribution in [2.75, 3.05) is 27.3 Å². The van der Waals surface area contributed by atoms with Gasteiger partial charge in [-0.2, -0.15) is 0 Å². The van der Waals surface area contributed by atoms with Crippen LogP contribution in [0, 0.1) is 5.82 Å². The number of methoxy groups -OCH3 is 2. The van der Waals surface area contributed by atoms with Crippen LogP contribution in [-0.2, 0) is 4.79 Å². The summed E-state index contributed by atoms with van der Waals surface area (Å²) in [6.45, 7) is 0.883. The summed E-state index contributed by atoms with van der Waals surface area (Å²) in [4.78, 5) is 16.3. The molecule has 0 bridgehead atoms. The topological polar surface area (TPSA) is 50.8 Å². The van der Waals surface area contributed by atoms with Crippen molar-refractivity contribution in [2.45, 2.75) is 24.9 Å². The van der Waals surface area contributed by atoms with Crippen molar-refractivity contribution in [1.29, 1.82) is 0 Å². The molecule has 2 heterocycles. The Balaban J connectivity index is 1.52. The van der Waals surface area contributed by atoms with Crippen molar-refractivity contribution in [2.24, 2.45) is 0 Å². The van der Waals surface area contributed by atoms with Gasteiger partial charge in [0.15, 0.2) is 0 Å². The summed E-state index contributed by atoms with van der Waals surface area (Å²) in [6.07, 6.45) is 1.81. The van der Waals surface area contributed by atoms with Gasteiger partial charge in [0.1, 0.15) is 17.3 Å². The third-order valence-electron chi connectivity index (χ3n) is 5.86. The second-order valence-electron chi connectivity index (χ2n) is 7.73. The fourth-order valence-corrected chi connectivity index (χ4v) is 5.10. The van der Waals surface area contributed by atoms with Gasteiger partial charge in [-0.25, -0.2) is 4.39 Å². The number of carbonyl (C=O) groups excluding carboxylic acids is 1. The van der Waals surface area contributed by atoms with Gasteiger partial charge < -0.3 is 14.4 Å². The molecule has 1 N–H and O–H groups in total. The van der Waals surface area contributed by atoms with E-state index < -0.39 is 0 Å². The molecule has 168 valence electrons. The first kappa shape index (κ1) is 22.3. The van der Waals surface area contributed by atoms with E-state index in [0.29, 0.717) is 6.54 Å². The maximum atomic E-state index is 13.4. The summed E-state index contributed by atoms with van der Waals surface area (Å²) in [5.74, 6) is 1.25. The second-order valence-corrected chi connectivity index (χ2v) is 8.71. The van der Waals surface area contributed by atoms with Gasteiger partial charge in [0, 0.05) is 17.0 Å². The van der Waals surface area contributed by atoms with E-state index in [4.69, 9.17) is 9.47 Å². The first-order valence-corrected chi connectivity index (χ1v) is 11.5. The Bertz CT molecular complexity index is 1040. The number of nitrogens with zero attached hydrogens (tertiary/aromatic N) is 1. The number of amides is 1. The van der Waals surface area contributed by atoms with E-state index in [1.165, 1.54) is 12.1 Å². The molecule has 1 saturated heterocycles. The average molecular weight is 455 g/mol. The number of benzene rings is 2. The van der Waals surface area contributed by atoms with Gasteiger partial charge in [0.25, 0.3) is 0 Å². The summed E-state index contributed by atoms with van der Waals surface area (Å²) in [6, 6.07) is 15.9. The number of likely N-dealkylation sites (tertiary alicyclic amines) is 1. The van der Waals surface area contributed by atoms with Gasteiger partial charge in [-0.1, -0.05) is 18.2 Å². The monoisotopic (exact) mass is 454 g/mol. The van der Waals surface area contributed by atoms with E-state index >= 15 is 0 Å². The van der Waals surface area contributed by atoms with E-state index in [2.05, 4.69) is 5.32 Å². The number of nitrogens with one attached hydrogen (secondary N) is 1. The molecule has 2 atom stereocenters. The van der Waals surface area contributed by atoms with Gasteiger partial charge in [-0.15, -0.1) is 11.3 Å². The van der Waals surface area contributed by atoms with Gasteiger partial charge in [0.2, 0.25) is 5.91 Å². The number of thiophene rings is 1. The normalized spacial score (nSPS) is 16.7. The van der Waals surface area contributed by atoms with Crippen LogP contribution in [-0.4, -0.2) is 38.1 Å². The number of ether oxygens (including phenoxy) is 2. The number of carbonyl (C=O) groups is 1. The smallest absolute Gasteiger partial charge is 0.237 e. The molecule has 7 heteroatoms. The van der Waals surface area contributed by atoms with Gasteiger partial charge in [-0.3, -0.25) is 10.1 Å².